The molecule has 4 rings (SSSR count). The third kappa shape index (κ3) is 8.50. The summed E-state index contributed by atoms with van der Waals surface area (Å²) in [7, 11) is 3.41. The Balaban J connectivity index is 0.000000810. The Kier molecular flexibility index (Phi) is 11.9. The lowest BCUT2D eigenvalue weighted by atomic mass is 9.80. The van der Waals surface area contributed by atoms with Gasteiger partial charge in [-0.1, -0.05) is 56.2 Å². The number of hydrogen-bond donors (Lipinski definition) is 2. The smallest absolute Gasteiger partial charge is 0.325 e. The minimum atomic E-state index is -1.02. The lowest BCUT2D eigenvalue weighted by Gasteiger charge is -2.36. The molecule has 2 amide bonds. The number of rotatable bonds is 8. The van der Waals surface area contributed by atoms with Gasteiger partial charge in [-0.3, -0.25) is 14.4 Å². The van der Waals surface area contributed by atoms with Crippen molar-refractivity contribution in [2.24, 2.45) is 0 Å². The van der Waals surface area contributed by atoms with Crippen LogP contribution in [-0.4, -0.2) is 80.1 Å². The van der Waals surface area contributed by atoms with E-state index in [9.17, 15) is 14.4 Å². The van der Waals surface area contributed by atoms with Crippen LogP contribution in [0.2, 0.25) is 0 Å². The van der Waals surface area contributed by atoms with E-state index in [2.05, 4.69) is 38.8 Å². The van der Waals surface area contributed by atoms with Crippen LogP contribution in [0.3, 0.4) is 0 Å². The number of amides is 2. The zero-order valence-electron chi connectivity index (χ0n) is 23.8. The number of aromatic nitrogens is 1. The topological polar surface area (TPSA) is 104 Å². The zero-order valence-corrected chi connectivity index (χ0v) is 24.6. The second-order valence-electron chi connectivity index (χ2n) is 10.0. The van der Waals surface area contributed by atoms with Crippen molar-refractivity contribution >= 4 is 34.3 Å². The summed E-state index contributed by atoms with van der Waals surface area (Å²) in [5, 5.41) is 8.66. The predicted molar refractivity (Wildman–Crippen MR) is 161 cm³/mol. The Labute approximate surface area is 241 Å². The summed E-state index contributed by atoms with van der Waals surface area (Å²) >= 11 is 1.64. The molecular formula is C30H41N5O4S. The predicted octanol–water partition coefficient (Wildman–Crippen LogP) is 4.03. The van der Waals surface area contributed by atoms with E-state index in [0.717, 1.165) is 61.8 Å². The Hall–Kier alpha value is -3.50. The van der Waals surface area contributed by atoms with Crippen molar-refractivity contribution < 1.29 is 19.1 Å². The number of nitrogens with one attached hydrogen (secondary N) is 2. The zero-order chi connectivity index (χ0) is 29.0. The van der Waals surface area contributed by atoms with Gasteiger partial charge in [-0.25, -0.2) is 4.98 Å². The molecule has 0 radical (unpaired) electrons. The number of ether oxygens (including phenoxy) is 1. The van der Waals surface area contributed by atoms with Crippen LogP contribution in [0.4, 0.5) is 5.13 Å². The Morgan fingerprint density at radius 3 is 2.35 bits per heavy atom. The molecule has 1 saturated carbocycles. The summed E-state index contributed by atoms with van der Waals surface area (Å²) in [5.74, 6) is -1.17. The fourth-order valence-electron chi connectivity index (χ4n) is 4.72. The third-order valence-corrected chi connectivity index (χ3v) is 8.05. The maximum Gasteiger partial charge on any atom is 0.325 e. The van der Waals surface area contributed by atoms with E-state index >= 15 is 0 Å². The second-order valence-corrected chi connectivity index (χ2v) is 10.8. The second kappa shape index (κ2) is 15.3. The number of carbonyl (C=O) groups is 3. The molecule has 1 aromatic carbocycles. The Morgan fingerprint density at radius 2 is 1.77 bits per heavy atom. The van der Waals surface area contributed by atoms with Gasteiger partial charge >= 0.3 is 5.97 Å². The first-order valence-electron chi connectivity index (χ1n) is 13.7. The molecule has 0 unspecified atom stereocenters. The molecule has 2 N–H and O–H groups in total. The number of nitrogens with zero attached hydrogens (tertiary/aromatic N) is 3. The van der Waals surface area contributed by atoms with Crippen molar-refractivity contribution in [2.45, 2.75) is 44.6 Å². The van der Waals surface area contributed by atoms with Crippen molar-refractivity contribution in [3.05, 3.63) is 60.0 Å². The van der Waals surface area contributed by atoms with E-state index in [1.165, 1.54) is 7.11 Å². The number of carbonyl (C=O) groups excluding carboxylic acids is 3. The number of allylic oxidation sites excluding steroid dienone is 3. The number of esters is 1. The molecule has 1 saturated heterocycles. The molecule has 0 atom stereocenters. The summed E-state index contributed by atoms with van der Waals surface area (Å²) in [6.07, 6.45) is 9.34. The molecule has 2 fully saturated rings. The quantitative estimate of drug-likeness (QED) is 0.367. The molecule has 1 aliphatic carbocycles. The molecule has 2 aliphatic rings. The number of hydrogen-bond acceptors (Lipinski definition) is 8. The van der Waals surface area contributed by atoms with Crippen LogP contribution in [0.5, 0.6) is 0 Å². The fraction of sp³-hybridized carbons (Fsp3) is 0.467. The average molecular weight is 568 g/mol. The van der Waals surface area contributed by atoms with Gasteiger partial charge in [0.05, 0.1) is 12.8 Å². The van der Waals surface area contributed by atoms with E-state index in [1.54, 1.807) is 29.5 Å². The van der Waals surface area contributed by atoms with Crippen molar-refractivity contribution in [1.82, 2.24) is 20.5 Å². The Bertz CT molecular complexity index is 1160. The highest BCUT2D eigenvalue weighted by atomic mass is 32.1. The minimum absolute atomic E-state index is 0.217. The molecule has 1 aromatic heterocycles. The third-order valence-electron chi connectivity index (χ3n) is 7.15. The first-order chi connectivity index (χ1) is 19.3. The highest BCUT2D eigenvalue weighted by molar-refractivity contribution is 7.14. The summed E-state index contributed by atoms with van der Waals surface area (Å²) < 4.78 is 4.61. The molecular weight excluding hydrogens is 526 g/mol. The maximum absolute atomic E-state index is 13.1. The number of anilines is 1. The van der Waals surface area contributed by atoms with Crippen LogP contribution in [-0.2, 0) is 14.3 Å². The van der Waals surface area contributed by atoms with Gasteiger partial charge in [0, 0.05) is 42.7 Å². The lowest BCUT2D eigenvalue weighted by molar-refractivity contribution is -0.142. The van der Waals surface area contributed by atoms with Crippen LogP contribution in [0.25, 0.3) is 11.3 Å². The molecule has 2 aromatic rings. The summed E-state index contributed by atoms with van der Waals surface area (Å²) in [6.45, 7) is 9.20. The minimum Gasteiger partial charge on any atom is -0.468 e. The van der Waals surface area contributed by atoms with Gasteiger partial charge < -0.3 is 25.2 Å². The number of thiazole rings is 1. The van der Waals surface area contributed by atoms with Gasteiger partial charge in [-0.05, 0) is 38.9 Å². The molecule has 0 spiro atoms. The number of piperazine rings is 1. The van der Waals surface area contributed by atoms with Crippen molar-refractivity contribution in [2.75, 3.05) is 51.8 Å². The molecule has 0 bridgehead atoms. The van der Waals surface area contributed by atoms with Gasteiger partial charge in [0.1, 0.15) is 12.1 Å². The maximum atomic E-state index is 13.1. The highest BCUT2D eigenvalue weighted by Crippen LogP contribution is 2.30. The lowest BCUT2D eigenvalue weighted by Crippen LogP contribution is -2.60. The van der Waals surface area contributed by atoms with E-state index in [4.69, 9.17) is 4.98 Å². The van der Waals surface area contributed by atoms with Gasteiger partial charge in [0.2, 0.25) is 5.91 Å². The largest absolute Gasteiger partial charge is 0.468 e. The van der Waals surface area contributed by atoms with E-state index in [-0.39, 0.29) is 18.4 Å². The molecule has 1 aliphatic heterocycles. The molecule has 9 nitrogen and oxygen atoms in total. The number of methoxy groups -OCH3 is 1. The summed E-state index contributed by atoms with van der Waals surface area (Å²) in [5.41, 5.74) is 1.30. The van der Waals surface area contributed by atoms with E-state index in [0.29, 0.717) is 18.4 Å². The van der Waals surface area contributed by atoms with Gasteiger partial charge in [-0.2, -0.15) is 0 Å². The Morgan fingerprint density at radius 1 is 1.10 bits per heavy atom. The average Bonchev–Trinajstić information content (AvgIpc) is 3.48. The van der Waals surface area contributed by atoms with Gasteiger partial charge in [0.25, 0.3) is 5.91 Å². The fourth-order valence-corrected chi connectivity index (χ4v) is 5.60. The van der Waals surface area contributed by atoms with Gasteiger partial charge in [0.15, 0.2) is 5.13 Å². The number of benzene rings is 1. The SMILES string of the molecule is C=C/C=C\C.COC(=O)CNC(=O)C1(NC(=O)c2ccc(-c3csc(N4CCN(C)CC4)n3)cc2)CCCCC1. The number of likely N-dealkylation sites (N-methyl/N-ethyl adjacent to an activating group) is 1. The van der Waals surface area contributed by atoms with E-state index in [1.807, 2.05) is 36.6 Å². The molecule has 40 heavy (non-hydrogen) atoms. The summed E-state index contributed by atoms with van der Waals surface area (Å²) in [4.78, 5) is 46.9. The van der Waals surface area contributed by atoms with Gasteiger partial charge in [-0.15, -0.1) is 11.3 Å². The molecule has 216 valence electrons. The first kappa shape index (κ1) is 31.0. The van der Waals surface area contributed by atoms with Crippen molar-refractivity contribution in [3.63, 3.8) is 0 Å². The molecule has 10 heteroatoms. The van der Waals surface area contributed by atoms with Crippen LogP contribution >= 0.6 is 11.3 Å². The standard InChI is InChI=1S/C25H33N5O4S.C5H8/c1-29-12-14-30(15-13-29)24-27-20(17-35-24)18-6-8-19(9-7-18)22(32)28-25(10-4-3-5-11-25)23(33)26-16-21(31)34-2;1-3-5-4-2/h6-9,17H,3-5,10-16H2,1-2H3,(H,26,33)(H,28,32);3-5H,1H2,2H3/b;5-4-. The highest BCUT2D eigenvalue weighted by Gasteiger charge is 2.41. The van der Waals surface area contributed by atoms with E-state index < -0.39 is 11.5 Å². The van der Waals surface area contributed by atoms with Crippen molar-refractivity contribution in [3.8, 4) is 11.3 Å². The van der Waals surface area contributed by atoms with Crippen molar-refractivity contribution in [1.29, 1.82) is 0 Å². The van der Waals surface area contributed by atoms with Crippen LogP contribution in [0.15, 0.2) is 54.5 Å². The van der Waals surface area contributed by atoms with Crippen LogP contribution < -0.4 is 15.5 Å². The van der Waals surface area contributed by atoms with Crippen LogP contribution in [0.1, 0.15) is 49.4 Å². The first-order valence-corrected chi connectivity index (χ1v) is 14.6. The summed E-state index contributed by atoms with van der Waals surface area (Å²) in [6, 6.07) is 7.32. The van der Waals surface area contributed by atoms with Crippen LogP contribution in [0, 0.1) is 0 Å². The monoisotopic (exact) mass is 567 g/mol. The molecule has 2 heterocycles. The normalized spacial score (nSPS) is 16.9.